The number of carbonyl (C=O) groups excluding carboxylic acids is 2. The molecule has 1 atom stereocenters. The Kier molecular flexibility index (Phi) is 7.09. The van der Waals surface area contributed by atoms with E-state index in [1.165, 1.54) is 12.1 Å². The molecule has 2 aromatic rings. The van der Waals surface area contributed by atoms with Gasteiger partial charge in [0.05, 0.1) is 11.7 Å². The largest absolute Gasteiger partial charge is 0.454 e. The second-order valence-electron chi connectivity index (χ2n) is 7.81. The molecule has 9 heteroatoms. The molecule has 33 heavy (non-hydrogen) atoms. The minimum absolute atomic E-state index is 0.172. The molecule has 8 nitrogen and oxygen atoms in total. The fourth-order valence-electron chi connectivity index (χ4n) is 4.08. The highest BCUT2D eigenvalue weighted by atomic mass is 19.1. The lowest BCUT2D eigenvalue weighted by Crippen LogP contribution is -2.51. The summed E-state index contributed by atoms with van der Waals surface area (Å²) in [6.45, 7) is 6.74. The van der Waals surface area contributed by atoms with Crippen LogP contribution in [0.2, 0.25) is 0 Å². The second kappa shape index (κ2) is 10.4. The van der Waals surface area contributed by atoms with Crippen LogP contribution >= 0.6 is 0 Å². The summed E-state index contributed by atoms with van der Waals surface area (Å²) in [6, 6.07) is 12.2. The van der Waals surface area contributed by atoms with Gasteiger partial charge in [0.25, 0.3) is 0 Å². The van der Waals surface area contributed by atoms with Crippen molar-refractivity contribution in [1.29, 1.82) is 0 Å². The van der Waals surface area contributed by atoms with E-state index in [9.17, 15) is 14.0 Å². The molecule has 0 bridgehead atoms. The lowest BCUT2D eigenvalue weighted by Gasteiger charge is -2.40. The monoisotopic (exact) mass is 454 g/mol. The Hall–Kier alpha value is -3.59. The number of ether oxygens (including phenoxy) is 2. The van der Waals surface area contributed by atoms with Gasteiger partial charge in [0.2, 0.25) is 6.79 Å². The predicted molar refractivity (Wildman–Crippen MR) is 122 cm³/mol. The molecule has 2 amide bonds. The number of amides is 2. The molecule has 0 spiro atoms. The predicted octanol–water partition coefficient (Wildman–Crippen LogP) is 1.84. The lowest BCUT2D eigenvalue weighted by atomic mass is 10.0. The van der Waals surface area contributed by atoms with E-state index in [0.717, 1.165) is 5.56 Å². The van der Waals surface area contributed by atoms with Crippen LogP contribution in [-0.2, 0) is 9.59 Å². The molecule has 2 aliphatic rings. The van der Waals surface area contributed by atoms with Crippen LogP contribution in [0.25, 0.3) is 0 Å². The first-order valence-electron chi connectivity index (χ1n) is 10.9. The van der Waals surface area contributed by atoms with Gasteiger partial charge in [-0.25, -0.2) is 4.39 Å². The fourth-order valence-corrected chi connectivity index (χ4v) is 4.08. The van der Waals surface area contributed by atoms with E-state index in [1.807, 2.05) is 29.2 Å². The summed E-state index contributed by atoms with van der Waals surface area (Å²) >= 11 is 0. The third-order valence-electron chi connectivity index (χ3n) is 5.80. The number of nitrogens with zero attached hydrogens (tertiary/aromatic N) is 2. The minimum atomic E-state index is -0.705. The van der Waals surface area contributed by atoms with Gasteiger partial charge in [0.1, 0.15) is 5.82 Å². The molecular weight excluding hydrogens is 427 g/mol. The quantitative estimate of drug-likeness (QED) is 0.491. The normalized spacial score (nSPS) is 16.2. The molecule has 1 saturated heterocycles. The Bertz CT molecular complexity index is 1020. The molecule has 2 aromatic carbocycles. The maximum absolute atomic E-state index is 14.2. The number of rotatable bonds is 7. The first kappa shape index (κ1) is 22.6. The minimum Gasteiger partial charge on any atom is -0.454 e. The number of piperazine rings is 1. The molecular formula is C24H27FN4O4. The number of anilines is 1. The Morgan fingerprint density at radius 1 is 1.03 bits per heavy atom. The van der Waals surface area contributed by atoms with Crippen molar-refractivity contribution >= 4 is 17.5 Å². The van der Waals surface area contributed by atoms with Gasteiger partial charge in [-0.2, -0.15) is 0 Å². The molecule has 0 aromatic heterocycles. The van der Waals surface area contributed by atoms with Gasteiger partial charge < -0.3 is 25.0 Å². The zero-order chi connectivity index (χ0) is 23.2. The third kappa shape index (κ3) is 5.25. The van der Waals surface area contributed by atoms with Crippen LogP contribution in [0.5, 0.6) is 11.5 Å². The van der Waals surface area contributed by atoms with Gasteiger partial charge in [-0.1, -0.05) is 24.3 Å². The molecule has 2 N–H and O–H groups in total. The fraction of sp³-hybridized carbons (Fsp3) is 0.333. The Morgan fingerprint density at radius 2 is 1.76 bits per heavy atom. The van der Waals surface area contributed by atoms with Crippen molar-refractivity contribution in [3.8, 4) is 11.5 Å². The molecule has 1 fully saturated rings. The number of nitrogens with one attached hydrogen (secondary N) is 2. The molecule has 174 valence electrons. The number of carbonyl (C=O) groups is 2. The first-order chi connectivity index (χ1) is 16.1. The first-order valence-corrected chi connectivity index (χ1v) is 10.9. The molecule has 0 saturated carbocycles. The molecule has 4 rings (SSSR count). The molecule has 2 heterocycles. The van der Waals surface area contributed by atoms with E-state index < -0.39 is 11.8 Å². The molecule has 0 radical (unpaired) electrons. The van der Waals surface area contributed by atoms with Crippen molar-refractivity contribution < 1.29 is 23.5 Å². The average molecular weight is 455 g/mol. The highest BCUT2D eigenvalue weighted by molar-refractivity contribution is 6.35. The van der Waals surface area contributed by atoms with Gasteiger partial charge in [-0.15, -0.1) is 6.58 Å². The highest BCUT2D eigenvalue weighted by Gasteiger charge is 2.28. The summed E-state index contributed by atoms with van der Waals surface area (Å²) in [7, 11) is 0. The summed E-state index contributed by atoms with van der Waals surface area (Å²) < 4.78 is 25.2. The van der Waals surface area contributed by atoms with Crippen LogP contribution in [0.3, 0.4) is 0 Å². The molecule has 2 aliphatic heterocycles. The topological polar surface area (TPSA) is 83.1 Å². The van der Waals surface area contributed by atoms with E-state index in [0.29, 0.717) is 43.4 Å². The van der Waals surface area contributed by atoms with Gasteiger partial charge in [0, 0.05) is 39.3 Å². The average Bonchev–Trinajstić information content (AvgIpc) is 3.31. The Morgan fingerprint density at radius 3 is 2.52 bits per heavy atom. The molecule has 0 unspecified atom stereocenters. The number of benzene rings is 2. The maximum atomic E-state index is 14.2. The van der Waals surface area contributed by atoms with Crippen LogP contribution in [0.1, 0.15) is 11.6 Å². The second-order valence-corrected chi connectivity index (χ2v) is 7.81. The number of para-hydroxylation sites is 1. The summed E-state index contributed by atoms with van der Waals surface area (Å²) in [4.78, 5) is 28.4. The molecule has 0 aliphatic carbocycles. The summed E-state index contributed by atoms with van der Waals surface area (Å²) in [5.74, 6) is -0.320. The van der Waals surface area contributed by atoms with Crippen molar-refractivity contribution in [3.05, 3.63) is 66.5 Å². The van der Waals surface area contributed by atoms with Crippen LogP contribution in [0, 0.1) is 5.82 Å². The number of fused-ring (bicyclic) bond motifs is 1. The Labute approximate surface area is 192 Å². The van der Waals surface area contributed by atoms with Crippen LogP contribution in [0.15, 0.2) is 55.1 Å². The summed E-state index contributed by atoms with van der Waals surface area (Å²) in [5, 5.41) is 5.21. The summed E-state index contributed by atoms with van der Waals surface area (Å²) in [6.07, 6.45) is 1.51. The zero-order valence-electron chi connectivity index (χ0n) is 18.3. The van der Waals surface area contributed by atoms with Gasteiger partial charge in [-0.3, -0.25) is 14.5 Å². The van der Waals surface area contributed by atoms with Gasteiger partial charge in [0.15, 0.2) is 11.5 Å². The van der Waals surface area contributed by atoms with Crippen molar-refractivity contribution in [2.24, 2.45) is 0 Å². The Balaban J connectivity index is 1.47. The lowest BCUT2D eigenvalue weighted by molar-refractivity contribution is -0.139. The van der Waals surface area contributed by atoms with Crippen LogP contribution in [0.4, 0.5) is 10.1 Å². The smallest absolute Gasteiger partial charge is 0.309 e. The van der Waals surface area contributed by atoms with Crippen molar-refractivity contribution in [2.45, 2.75) is 6.04 Å². The van der Waals surface area contributed by atoms with E-state index >= 15 is 0 Å². The van der Waals surface area contributed by atoms with E-state index in [4.69, 9.17) is 9.47 Å². The van der Waals surface area contributed by atoms with Crippen molar-refractivity contribution in [1.82, 2.24) is 15.5 Å². The van der Waals surface area contributed by atoms with E-state index in [-0.39, 0.29) is 31.7 Å². The standard InChI is InChI=1S/C24H27FN4O4/c1-2-9-26-23(30)24(31)27-15-20(17-7-8-21-22(14-17)33-16-32-21)29-12-10-28(11-13-29)19-6-4-3-5-18(19)25/h2-8,14,20H,1,9-13,15-16H2,(H,26,30)(H,27,31)/t20-/m1/s1. The van der Waals surface area contributed by atoms with Gasteiger partial charge in [-0.05, 0) is 29.8 Å². The van der Waals surface area contributed by atoms with Crippen LogP contribution < -0.4 is 25.0 Å². The third-order valence-corrected chi connectivity index (χ3v) is 5.80. The number of hydrogen-bond acceptors (Lipinski definition) is 6. The van der Waals surface area contributed by atoms with Crippen molar-refractivity contribution in [3.63, 3.8) is 0 Å². The van der Waals surface area contributed by atoms with Crippen molar-refractivity contribution in [2.75, 3.05) is 51.0 Å². The summed E-state index contributed by atoms with van der Waals surface area (Å²) in [5.41, 5.74) is 1.52. The van der Waals surface area contributed by atoms with Crippen LogP contribution in [-0.4, -0.2) is 62.8 Å². The highest BCUT2D eigenvalue weighted by Crippen LogP contribution is 2.35. The number of halogens is 1. The zero-order valence-corrected chi connectivity index (χ0v) is 18.3. The number of hydrogen-bond donors (Lipinski definition) is 2. The van der Waals surface area contributed by atoms with E-state index in [2.05, 4.69) is 22.1 Å². The van der Waals surface area contributed by atoms with Gasteiger partial charge >= 0.3 is 11.8 Å². The van der Waals surface area contributed by atoms with E-state index in [1.54, 1.807) is 12.1 Å². The maximum Gasteiger partial charge on any atom is 0.309 e. The SMILES string of the molecule is C=CCNC(=O)C(=O)NC[C@H](c1ccc2c(c1)OCO2)N1CCN(c2ccccc2F)CC1.